The van der Waals surface area contributed by atoms with Gasteiger partial charge in [0.1, 0.15) is 13.2 Å². The molecule has 0 saturated carbocycles. The van der Waals surface area contributed by atoms with Crippen molar-refractivity contribution in [2.45, 2.75) is 232 Å². The smallest absolute Gasteiger partial charge is 0.306 e. The van der Waals surface area contributed by atoms with Gasteiger partial charge in [-0.2, -0.15) is 0 Å². The lowest BCUT2D eigenvalue weighted by atomic mass is 10.0. The molecule has 0 aromatic heterocycles. The van der Waals surface area contributed by atoms with Crippen LogP contribution in [0.1, 0.15) is 226 Å². The highest BCUT2D eigenvalue weighted by Crippen LogP contribution is 2.14. The van der Waals surface area contributed by atoms with Crippen LogP contribution in [0, 0.1) is 0 Å². The van der Waals surface area contributed by atoms with Crippen molar-refractivity contribution in [1.29, 1.82) is 0 Å². The summed E-state index contributed by atoms with van der Waals surface area (Å²) in [7, 11) is 0. The maximum absolute atomic E-state index is 12.8. The van der Waals surface area contributed by atoms with Crippen LogP contribution in [0.4, 0.5) is 0 Å². The molecule has 6 heteroatoms. The van der Waals surface area contributed by atoms with Gasteiger partial charge in [0.2, 0.25) is 0 Å². The number of carbonyl (C=O) groups is 3. The first-order valence-electron chi connectivity index (χ1n) is 27.0. The summed E-state index contributed by atoms with van der Waals surface area (Å²) < 4.78 is 16.7. The molecule has 0 rings (SSSR count). The van der Waals surface area contributed by atoms with Crippen molar-refractivity contribution in [2.75, 3.05) is 13.2 Å². The van der Waals surface area contributed by atoms with Gasteiger partial charge in [-0.1, -0.05) is 232 Å². The molecule has 0 aliphatic heterocycles. The van der Waals surface area contributed by atoms with Crippen LogP contribution in [-0.4, -0.2) is 37.2 Å². The topological polar surface area (TPSA) is 78.9 Å². The van der Waals surface area contributed by atoms with Crippen molar-refractivity contribution in [3.05, 3.63) is 122 Å². The third-order valence-corrected chi connectivity index (χ3v) is 11.0. The summed E-state index contributed by atoms with van der Waals surface area (Å²) >= 11 is 0. The van der Waals surface area contributed by atoms with Crippen LogP contribution in [0.15, 0.2) is 122 Å². The summed E-state index contributed by atoms with van der Waals surface area (Å²) in [5.41, 5.74) is 0. The molecule has 1 atom stereocenters. The van der Waals surface area contributed by atoms with E-state index in [2.05, 4.69) is 130 Å². The second-order valence-corrected chi connectivity index (χ2v) is 17.4. The quantitative estimate of drug-likeness (QED) is 0.0262. The van der Waals surface area contributed by atoms with E-state index in [1.54, 1.807) is 0 Å². The Morgan fingerprint density at radius 2 is 0.627 bits per heavy atom. The van der Waals surface area contributed by atoms with Gasteiger partial charge in [0, 0.05) is 19.3 Å². The van der Waals surface area contributed by atoms with Crippen molar-refractivity contribution in [1.82, 2.24) is 0 Å². The fraction of sp³-hybridized carbons (Fsp3) is 0.623. The predicted octanol–water partition coefficient (Wildman–Crippen LogP) is 18.1. The van der Waals surface area contributed by atoms with Crippen LogP contribution in [0.3, 0.4) is 0 Å². The van der Waals surface area contributed by atoms with Gasteiger partial charge in [-0.15, -0.1) is 0 Å². The Labute approximate surface area is 412 Å². The number of carbonyl (C=O) groups excluding carboxylic acids is 3. The van der Waals surface area contributed by atoms with E-state index in [-0.39, 0.29) is 38.0 Å². The minimum absolute atomic E-state index is 0.127. The first kappa shape index (κ1) is 62.8. The lowest BCUT2D eigenvalue weighted by Gasteiger charge is -2.18. The summed E-state index contributed by atoms with van der Waals surface area (Å²) in [6.07, 6.45) is 74.8. The van der Waals surface area contributed by atoms with Gasteiger partial charge in [-0.05, 0) is 96.3 Å². The van der Waals surface area contributed by atoms with Gasteiger partial charge >= 0.3 is 17.9 Å². The van der Waals surface area contributed by atoms with Crippen molar-refractivity contribution >= 4 is 17.9 Å². The van der Waals surface area contributed by atoms with Crippen LogP contribution < -0.4 is 0 Å². The minimum atomic E-state index is -0.842. The van der Waals surface area contributed by atoms with Crippen LogP contribution in [0.25, 0.3) is 0 Å². The van der Waals surface area contributed by atoms with Gasteiger partial charge in [0.25, 0.3) is 0 Å². The van der Waals surface area contributed by atoms with Gasteiger partial charge in [-0.3, -0.25) is 14.4 Å². The number of allylic oxidation sites excluding steroid dienone is 20. The SMILES string of the molecule is CC/C=C\C/C=C\C/C=C\C/C=C\C/C=C\C/C=C\CCC(=O)O[C@H](COC(=O)CCC/C=C\C/C=C\C/C=C\C/C=C\CCCCC)COC(=O)CCCCCCCCCCCCCCC. The molecular formula is C61H98O6. The highest BCUT2D eigenvalue weighted by atomic mass is 16.6. The summed E-state index contributed by atoms with van der Waals surface area (Å²) in [6.45, 7) is 6.37. The van der Waals surface area contributed by atoms with Crippen molar-refractivity contribution in [3.63, 3.8) is 0 Å². The first-order chi connectivity index (χ1) is 33.0. The zero-order valence-corrected chi connectivity index (χ0v) is 43.1. The maximum atomic E-state index is 12.8. The summed E-state index contributed by atoms with van der Waals surface area (Å²) in [4.78, 5) is 38.0. The number of ether oxygens (including phenoxy) is 3. The van der Waals surface area contributed by atoms with Crippen LogP contribution >= 0.6 is 0 Å². The molecule has 0 aliphatic rings. The molecule has 0 amide bonds. The monoisotopic (exact) mass is 927 g/mol. The summed E-state index contributed by atoms with van der Waals surface area (Å²) in [6, 6.07) is 0. The fourth-order valence-electron chi connectivity index (χ4n) is 6.93. The number of esters is 3. The molecule has 6 nitrogen and oxygen atoms in total. The molecule has 67 heavy (non-hydrogen) atoms. The maximum Gasteiger partial charge on any atom is 0.306 e. The standard InChI is InChI=1S/C61H98O6/c1-4-7-10-13-16-19-22-25-27-29-30-32-34-37-40-43-46-49-52-55-61(64)67-58(56-65-59(62)53-50-47-44-41-38-35-24-21-18-15-12-9-6-3)57-66-60(63)54-51-48-45-42-39-36-33-31-28-26-23-20-17-14-11-8-5-2/h7,10,16-17,19-20,25-28,30,32-33,36-37,40,42,45-46,49,58H,4-6,8-9,11-15,18,21-24,29,31,34-35,38-39,41,43-44,47-48,50-57H2,1-3H3/b10-7-,19-16-,20-17-,27-25-,28-26-,32-30-,36-33-,40-37-,45-42-,49-46-/t58-/m0/s1. The summed E-state index contributed by atoms with van der Waals surface area (Å²) in [5.74, 6) is -1.07. The summed E-state index contributed by atoms with van der Waals surface area (Å²) in [5, 5.41) is 0. The largest absolute Gasteiger partial charge is 0.462 e. The molecular weight excluding hydrogens is 829 g/mol. The van der Waals surface area contributed by atoms with Gasteiger partial charge < -0.3 is 14.2 Å². The van der Waals surface area contributed by atoms with Crippen LogP contribution in [0.2, 0.25) is 0 Å². The number of unbranched alkanes of at least 4 members (excludes halogenated alkanes) is 16. The fourth-order valence-corrected chi connectivity index (χ4v) is 6.93. The van der Waals surface area contributed by atoms with E-state index in [9.17, 15) is 14.4 Å². The molecule has 0 aromatic carbocycles. The van der Waals surface area contributed by atoms with Crippen molar-refractivity contribution < 1.29 is 28.6 Å². The second-order valence-electron chi connectivity index (χ2n) is 17.4. The van der Waals surface area contributed by atoms with Crippen molar-refractivity contribution in [2.24, 2.45) is 0 Å². The predicted molar refractivity (Wildman–Crippen MR) is 288 cm³/mol. The lowest BCUT2D eigenvalue weighted by molar-refractivity contribution is -0.166. The van der Waals surface area contributed by atoms with E-state index < -0.39 is 12.1 Å². The Bertz CT molecular complexity index is 1440. The van der Waals surface area contributed by atoms with E-state index in [1.807, 2.05) is 12.2 Å². The number of hydrogen-bond donors (Lipinski definition) is 0. The Morgan fingerprint density at radius 1 is 0.313 bits per heavy atom. The number of rotatable bonds is 47. The zero-order chi connectivity index (χ0) is 48.6. The first-order valence-corrected chi connectivity index (χ1v) is 27.0. The molecule has 0 saturated heterocycles. The minimum Gasteiger partial charge on any atom is -0.462 e. The van der Waals surface area contributed by atoms with E-state index in [0.29, 0.717) is 19.3 Å². The molecule has 0 spiro atoms. The third-order valence-electron chi connectivity index (χ3n) is 11.0. The van der Waals surface area contributed by atoms with E-state index >= 15 is 0 Å². The van der Waals surface area contributed by atoms with Gasteiger partial charge in [0.15, 0.2) is 6.10 Å². The Hall–Kier alpha value is -4.19. The highest BCUT2D eigenvalue weighted by molar-refractivity contribution is 5.71. The average molecular weight is 927 g/mol. The lowest BCUT2D eigenvalue weighted by Crippen LogP contribution is -2.30. The van der Waals surface area contributed by atoms with Crippen LogP contribution in [0.5, 0.6) is 0 Å². The average Bonchev–Trinajstić information content (AvgIpc) is 3.33. The Kier molecular flexibility index (Phi) is 51.0. The molecule has 0 aliphatic carbocycles. The normalized spacial score (nSPS) is 13.1. The van der Waals surface area contributed by atoms with E-state index in [1.165, 1.54) is 89.9 Å². The second kappa shape index (κ2) is 54.4. The van der Waals surface area contributed by atoms with E-state index in [4.69, 9.17) is 14.2 Å². The van der Waals surface area contributed by atoms with E-state index in [0.717, 1.165) is 83.5 Å². The van der Waals surface area contributed by atoms with Crippen molar-refractivity contribution in [3.8, 4) is 0 Å². The Morgan fingerprint density at radius 3 is 1.03 bits per heavy atom. The Balaban J connectivity index is 4.61. The molecule has 0 fully saturated rings. The van der Waals surface area contributed by atoms with Crippen LogP contribution in [-0.2, 0) is 28.6 Å². The molecule has 378 valence electrons. The molecule has 0 bridgehead atoms. The molecule has 0 heterocycles. The molecule has 0 unspecified atom stereocenters. The third kappa shape index (κ3) is 52.6. The zero-order valence-electron chi connectivity index (χ0n) is 43.1. The molecule has 0 N–H and O–H groups in total. The van der Waals surface area contributed by atoms with Gasteiger partial charge in [0.05, 0.1) is 0 Å². The highest BCUT2D eigenvalue weighted by Gasteiger charge is 2.19. The number of hydrogen-bond acceptors (Lipinski definition) is 6. The molecule has 0 radical (unpaired) electrons. The van der Waals surface area contributed by atoms with Gasteiger partial charge in [-0.25, -0.2) is 0 Å². The molecule has 0 aromatic rings.